The van der Waals surface area contributed by atoms with E-state index in [1.54, 1.807) is 12.1 Å². The molecule has 1 fully saturated rings. The highest BCUT2D eigenvalue weighted by molar-refractivity contribution is 5.87. The first-order chi connectivity index (χ1) is 7.72. The summed E-state index contributed by atoms with van der Waals surface area (Å²) in [5, 5.41) is 12.1. The molecule has 1 atom stereocenters. The van der Waals surface area contributed by atoms with E-state index in [1.807, 2.05) is 19.2 Å². The van der Waals surface area contributed by atoms with Crippen LogP contribution in [0.3, 0.4) is 0 Å². The summed E-state index contributed by atoms with van der Waals surface area (Å²) in [5.74, 6) is -0.156. The van der Waals surface area contributed by atoms with Crippen LogP contribution in [-0.4, -0.2) is 18.1 Å². The van der Waals surface area contributed by atoms with E-state index in [0.717, 1.165) is 0 Å². The van der Waals surface area contributed by atoms with Gasteiger partial charge in [-0.15, -0.1) is 0 Å². The molecule has 3 heteroatoms. The highest BCUT2D eigenvalue weighted by Gasteiger charge is 2.27. The van der Waals surface area contributed by atoms with Crippen LogP contribution in [0, 0.1) is 5.92 Å². The normalized spacial score (nSPS) is 17.8. The number of carbonyl (C=O) groups is 1. The maximum absolute atomic E-state index is 10.7. The van der Waals surface area contributed by atoms with Crippen LogP contribution in [-0.2, 0) is 0 Å². The van der Waals surface area contributed by atoms with Crippen molar-refractivity contribution in [1.29, 1.82) is 0 Å². The fourth-order valence-corrected chi connectivity index (χ4v) is 2.28. The average Bonchev–Trinajstić information content (AvgIpc) is 2.23. The minimum atomic E-state index is -0.865. The molecule has 0 aliphatic heterocycles. The third-order valence-corrected chi connectivity index (χ3v) is 3.45. The zero-order chi connectivity index (χ0) is 11.5. The first kappa shape index (κ1) is 11.1. The molecule has 1 aromatic carbocycles. The summed E-state index contributed by atoms with van der Waals surface area (Å²) >= 11 is 0. The largest absolute Gasteiger partial charge is 0.478 e. The lowest BCUT2D eigenvalue weighted by atomic mass is 9.77. The van der Waals surface area contributed by atoms with Gasteiger partial charge in [0.25, 0.3) is 0 Å². The van der Waals surface area contributed by atoms with Crippen LogP contribution in [0.1, 0.15) is 41.2 Å². The van der Waals surface area contributed by atoms with Crippen molar-refractivity contribution in [3.63, 3.8) is 0 Å². The van der Waals surface area contributed by atoms with E-state index in [-0.39, 0.29) is 0 Å². The van der Waals surface area contributed by atoms with Crippen molar-refractivity contribution >= 4 is 5.97 Å². The number of carboxylic acid groups (broad SMARTS) is 1. The van der Waals surface area contributed by atoms with Gasteiger partial charge in [-0.1, -0.05) is 18.6 Å². The van der Waals surface area contributed by atoms with E-state index in [2.05, 4.69) is 5.32 Å². The summed E-state index contributed by atoms with van der Waals surface area (Å²) in [6, 6.07) is 7.57. The summed E-state index contributed by atoms with van der Waals surface area (Å²) in [7, 11) is 1.97. The molecule has 2 N–H and O–H groups in total. The van der Waals surface area contributed by atoms with Crippen LogP contribution in [0.4, 0.5) is 0 Å². The fourth-order valence-electron chi connectivity index (χ4n) is 2.28. The van der Waals surface area contributed by atoms with Gasteiger partial charge in [-0.05, 0) is 43.5 Å². The van der Waals surface area contributed by atoms with Crippen LogP contribution in [0.15, 0.2) is 24.3 Å². The van der Waals surface area contributed by atoms with Gasteiger partial charge in [-0.25, -0.2) is 4.79 Å². The Labute approximate surface area is 95.5 Å². The van der Waals surface area contributed by atoms with Crippen LogP contribution in [0.2, 0.25) is 0 Å². The molecule has 86 valence electrons. The molecule has 0 amide bonds. The highest BCUT2D eigenvalue weighted by Crippen LogP contribution is 2.37. The predicted molar refractivity (Wildman–Crippen MR) is 62.5 cm³/mol. The molecule has 3 nitrogen and oxygen atoms in total. The molecule has 0 spiro atoms. The summed E-state index contributed by atoms with van der Waals surface area (Å²) < 4.78 is 0. The zero-order valence-corrected chi connectivity index (χ0v) is 9.44. The van der Waals surface area contributed by atoms with Crippen molar-refractivity contribution in [2.75, 3.05) is 7.05 Å². The molecule has 0 saturated heterocycles. The van der Waals surface area contributed by atoms with Crippen molar-refractivity contribution in [2.24, 2.45) is 5.92 Å². The summed E-state index contributed by atoms with van der Waals surface area (Å²) in [6.07, 6.45) is 3.86. The minimum Gasteiger partial charge on any atom is -0.478 e. The van der Waals surface area contributed by atoms with Crippen molar-refractivity contribution < 1.29 is 9.90 Å². The second kappa shape index (κ2) is 4.66. The number of hydrogen-bond donors (Lipinski definition) is 2. The third-order valence-electron chi connectivity index (χ3n) is 3.45. The smallest absolute Gasteiger partial charge is 0.335 e. The lowest BCUT2D eigenvalue weighted by Gasteiger charge is -2.34. The molecule has 0 radical (unpaired) electrons. The summed E-state index contributed by atoms with van der Waals surface area (Å²) in [6.45, 7) is 0. The van der Waals surface area contributed by atoms with Gasteiger partial charge in [0.2, 0.25) is 0 Å². The lowest BCUT2D eigenvalue weighted by Crippen LogP contribution is -2.29. The second-order valence-corrected chi connectivity index (χ2v) is 4.38. The van der Waals surface area contributed by atoms with E-state index in [0.29, 0.717) is 17.5 Å². The summed E-state index contributed by atoms with van der Waals surface area (Å²) in [4.78, 5) is 10.7. The lowest BCUT2D eigenvalue weighted by molar-refractivity contribution is 0.0697. The molecule has 1 aliphatic rings. The molecule has 1 unspecified atom stereocenters. The average molecular weight is 219 g/mol. The Kier molecular flexibility index (Phi) is 3.25. The Bertz CT molecular complexity index is 368. The Hall–Kier alpha value is -1.35. The van der Waals surface area contributed by atoms with Crippen molar-refractivity contribution in [2.45, 2.75) is 25.3 Å². The standard InChI is InChI=1S/C13H17NO2/c1-14-12(9-3-2-4-9)10-5-7-11(8-6-10)13(15)16/h5-9,12,14H,2-4H2,1H3,(H,15,16). The quantitative estimate of drug-likeness (QED) is 0.817. The maximum atomic E-state index is 10.7. The topological polar surface area (TPSA) is 49.3 Å². The van der Waals surface area contributed by atoms with Gasteiger partial charge in [0, 0.05) is 6.04 Å². The molecular formula is C13H17NO2. The van der Waals surface area contributed by atoms with Crippen molar-refractivity contribution in [1.82, 2.24) is 5.32 Å². The van der Waals surface area contributed by atoms with E-state index in [4.69, 9.17) is 5.11 Å². The fraction of sp³-hybridized carbons (Fsp3) is 0.462. The number of aromatic carboxylic acids is 1. The van der Waals surface area contributed by atoms with Gasteiger partial charge in [0.1, 0.15) is 0 Å². The number of carboxylic acids is 1. The van der Waals surface area contributed by atoms with Crippen LogP contribution < -0.4 is 5.32 Å². The van der Waals surface area contributed by atoms with Crippen molar-refractivity contribution in [3.8, 4) is 0 Å². The second-order valence-electron chi connectivity index (χ2n) is 4.38. The van der Waals surface area contributed by atoms with E-state index in [1.165, 1.54) is 24.8 Å². The number of benzene rings is 1. The first-order valence-corrected chi connectivity index (χ1v) is 5.73. The SMILES string of the molecule is CNC(c1ccc(C(=O)O)cc1)C1CCC1. The van der Waals surface area contributed by atoms with E-state index >= 15 is 0 Å². The Balaban J connectivity index is 2.15. The third kappa shape index (κ3) is 2.09. The Morgan fingerprint density at radius 3 is 2.38 bits per heavy atom. The maximum Gasteiger partial charge on any atom is 0.335 e. The molecule has 0 aromatic heterocycles. The molecule has 0 bridgehead atoms. The Morgan fingerprint density at radius 2 is 2.00 bits per heavy atom. The van der Waals surface area contributed by atoms with Gasteiger partial charge < -0.3 is 10.4 Å². The van der Waals surface area contributed by atoms with Crippen LogP contribution in [0.5, 0.6) is 0 Å². The monoisotopic (exact) mass is 219 g/mol. The zero-order valence-electron chi connectivity index (χ0n) is 9.44. The molecule has 16 heavy (non-hydrogen) atoms. The number of rotatable bonds is 4. The van der Waals surface area contributed by atoms with Crippen molar-refractivity contribution in [3.05, 3.63) is 35.4 Å². The van der Waals surface area contributed by atoms with E-state index in [9.17, 15) is 4.79 Å². The molecular weight excluding hydrogens is 202 g/mol. The molecule has 1 saturated carbocycles. The van der Waals surface area contributed by atoms with Gasteiger partial charge in [0.15, 0.2) is 0 Å². The Morgan fingerprint density at radius 1 is 1.38 bits per heavy atom. The number of nitrogens with one attached hydrogen (secondary N) is 1. The summed E-state index contributed by atoms with van der Waals surface area (Å²) in [5.41, 5.74) is 1.55. The van der Waals surface area contributed by atoms with Crippen LogP contribution >= 0.6 is 0 Å². The molecule has 0 heterocycles. The molecule has 1 aliphatic carbocycles. The van der Waals surface area contributed by atoms with E-state index < -0.39 is 5.97 Å². The first-order valence-electron chi connectivity index (χ1n) is 5.73. The van der Waals surface area contributed by atoms with Gasteiger partial charge in [-0.2, -0.15) is 0 Å². The molecule has 2 rings (SSSR count). The van der Waals surface area contributed by atoms with Gasteiger partial charge in [-0.3, -0.25) is 0 Å². The van der Waals surface area contributed by atoms with Gasteiger partial charge in [0.05, 0.1) is 5.56 Å². The van der Waals surface area contributed by atoms with Gasteiger partial charge >= 0.3 is 5.97 Å². The van der Waals surface area contributed by atoms with Crippen LogP contribution in [0.25, 0.3) is 0 Å². The molecule has 1 aromatic rings. The predicted octanol–water partition coefficient (Wildman–Crippen LogP) is 2.45. The minimum absolute atomic E-state index is 0.354. The highest BCUT2D eigenvalue weighted by atomic mass is 16.4. The number of hydrogen-bond acceptors (Lipinski definition) is 2.